The van der Waals surface area contributed by atoms with E-state index in [1.165, 1.54) is 24.9 Å². The quantitative estimate of drug-likeness (QED) is 0.653. The Morgan fingerprint density at radius 2 is 2.11 bits per heavy atom. The number of amides is 1. The van der Waals surface area contributed by atoms with Crippen molar-refractivity contribution in [3.8, 4) is 0 Å². The number of esters is 1. The second kappa shape index (κ2) is 5.19. The van der Waals surface area contributed by atoms with Crippen LogP contribution in [0.2, 0.25) is 0 Å². The first-order valence-corrected chi connectivity index (χ1v) is 6.34. The lowest BCUT2D eigenvalue weighted by Crippen LogP contribution is -2.31. The number of hydrogen-bond acceptors (Lipinski definition) is 5. The SMILES string of the molecule is COC(=O)CNC(=O)c1cc(S(N)(=O)=O)cn1C. The third kappa shape index (κ3) is 3.31. The van der Waals surface area contributed by atoms with Gasteiger partial charge in [-0.15, -0.1) is 0 Å². The Hall–Kier alpha value is -1.87. The molecule has 0 aliphatic heterocycles. The van der Waals surface area contributed by atoms with Crippen molar-refractivity contribution in [1.29, 1.82) is 0 Å². The van der Waals surface area contributed by atoms with Crippen molar-refractivity contribution < 1.29 is 22.7 Å². The Morgan fingerprint density at radius 3 is 2.56 bits per heavy atom. The number of nitrogens with two attached hydrogens (primary N) is 1. The van der Waals surface area contributed by atoms with Crippen LogP contribution in [0.4, 0.5) is 0 Å². The van der Waals surface area contributed by atoms with Crippen LogP contribution >= 0.6 is 0 Å². The fraction of sp³-hybridized carbons (Fsp3) is 0.333. The molecule has 0 aliphatic carbocycles. The molecule has 9 heteroatoms. The molecule has 0 atom stereocenters. The number of hydrogen-bond donors (Lipinski definition) is 2. The number of methoxy groups -OCH3 is 1. The Balaban J connectivity index is 2.87. The van der Waals surface area contributed by atoms with E-state index in [0.29, 0.717) is 0 Å². The summed E-state index contributed by atoms with van der Waals surface area (Å²) in [7, 11) is -1.19. The predicted octanol–water partition coefficient (Wildman–Crippen LogP) is -1.42. The fourth-order valence-electron chi connectivity index (χ4n) is 1.23. The van der Waals surface area contributed by atoms with E-state index in [1.54, 1.807) is 0 Å². The third-order valence-corrected chi connectivity index (χ3v) is 3.04. The minimum Gasteiger partial charge on any atom is -0.468 e. The molecule has 1 aromatic rings. The lowest BCUT2D eigenvalue weighted by Gasteiger charge is -2.04. The predicted molar refractivity (Wildman–Crippen MR) is 61.1 cm³/mol. The number of rotatable bonds is 4. The minimum absolute atomic E-state index is 0.0722. The van der Waals surface area contributed by atoms with Crippen LogP contribution in [0.15, 0.2) is 17.2 Å². The van der Waals surface area contributed by atoms with Crippen molar-refractivity contribution in [3.05, 3.63) is 18.0 Å². The zero-order valence-corrected chi connectivity index (χ0v) is 10.7. The number of nitrogens with zero attached hydrogens (tertiary/aromatic N) is 1. The molecule has 0 spiro atoms. The molecular weight excluding hydrogens is 262 g/mol. The highest BCUT2D eigenvalue weighted by atomic mass is 32.2. The van der Waals surface area contributed by atoms with Gasteiger partial charge in [0, 0.05) is 13.2 Å². The molecule has 8 nitrogen and oxygen atoms in total. The van der Waals surface area contributed by atoms with Gasteiger partial charge in [0.15, 0.2) is 0 Å². The lowest BCUT2D eigenvalue weighted by molar-refractivity contribution is -0.139. The van der Waals surface area contributed by atoms with Crippen LogP contribution in [0.3, 0.4) is 0 Å². The van der Waals surface area contributed by atoms with E-state index in [0.717, 1.165) is 6.07 Å². The van der Waals surface area contributed by atoms with Gasteiger partial charge >= 0.3 is 5.97 Å². The van der Waals surface area contributed by atoms with Crippen LogP contribution in [-0.4, -0.2) is 38.5 Å². The van der Waals surface area contributed by atoms with Gasteiger partial charge in [0.05, 0.1) is 7.11 Å². The molecule has 0 fully saturated rings. The largest absolute Gasteiger partial charge is 0.468 e. The van der Waals surface area contributed by atoms with Gasteiger partial charge in [-0.05, 0) is 6.07 Å². The maximum absolute atomic E-state index is 11.7. The van der Waals surface area contributed by atoms with E-state index in [9.17, 15) is 18.0 Å². The number of nitrogens with one attached hydrogen (secondary N) is 1. The van der Waals surface area contributed by atoms with Gasteiger partial charge in [-0.1, -0.05) is 0 Å². The summed E-state index contributed by atoms with van der Waals surface area (Å²) in [6, 6.07) is 1.13. The number of primary sulfonamides is 1. The molecule has 0 saturated carbocycles. The van der Waals surface area contributed by atoms with Crippen LogP contribution in [0, 0.1) is 0 Å². The molecule has 0 unspecified atom stereocenters. The van der Waals surface area contributed by atoms with Crippen molar-refractivity contribution in [2.75, 3.05) is 13.7 Å². The number of aryl methyl sites for hydroxylation is 1. The Kier molecular flexibility index (Phi) is 4.09. The van der Waals surface area contributed by atoms with E-state index in [1.807, 2.05) is 0 Å². The van der Waals surface area contributed by atoms with Crippen LogP contribution in [-0.2, 0) is 26.6 Å². The van der Waals surface area contributed by atoms with Crippen molar-refractivity contribution in [2.24, 2.45) is 12.2 Å². The molecule has 1 rings (SSSR count). The first-order valence-electron chi connectivity index (χ1n) is 4.80. The Labute approximate surface area is 104 Å². The normalized spacial score (nSPS) is 11.1. The smallest absolute Gasteiger partial charge is 0.325 e. The molecule has 1 aromatic heterocycles. The molecular formula is C9H13N3O5S. The molecule has 18 heavy (non-hydrogen) atoms. The summed E-state index contributed by atoms with van der Waals surface area (Å²) in [5.41, 5.74) is 0.0722. The molecule has 0 aromatic carbocycles. The molecule has 100 valence electrons. The Morgan fingerprint density at radius 1 is 1.50 bits per heavy atom. The molecule has 1 heterocycles. The van der Waals surface area contributed by atoms with Gasteiger partial charge in [0.2, 0.25) is 10.0 Å². The van der Waals surface area contributed by atoms with E-state index in [-0.39, 0.29) is 17.1 Å². The van der Waals surface area contributed by atoms with Gasteiger partial charge in [0.1, 0.15) is 17.1 Å². The highest BCUT2D eigenvalue weighted by Crippen LogP contribution is 2.11. The lowest BCUT2D eigenvalue weighted by atomic mass is 10.4. The monoisotopic (exact) mass is 275 g/mol. The maximum atomic E-state index is 11.7. The highest BCUT2D eigenvalue weighted by molar-refractivity contribution is 7.89. The van der Waals surface area contributed by atoms with Crippen molar-refractivity contribution in [1.82, 2.24) is 9.88 Å². The molecule has 3 N–H and O–H groups in total. The van der Waals surface area contributed by atoms with E-state index < -0.39 is 21.9 Å². The van der Waals surface area contributed by atoms with Crippen molar-refractivity contribution in [2.45, 2.75) is 4.90 Å². The first kappa shape index (κ1) is 14.2. The highest BCUT2D eigenvalue weighted by Gasteiger charge is 2.17. The molecule has 0 aliphatic rings. The first-order chi connectivity index (χ1) is 8.25. The third-order valence-electron chi connectivity index (χ3n) is 2.16. The minimum atomic E-state index is -3.87. The van der Waals surface area contributed by atoms with E-state index in [4.69, 9.17) is 5.14 Å². The molecule has 0 saturated heterocycles. The zero-order valence-electron chi connectivity index (χ0n) is 9.84. The van der Waals surface area contributed by atoms with Gasteiger partial charge in [-0.3, -0.25) is 9.59 Å². The molecule has 0 radical (unpaired) electrons. The average Bonchev–Trinajstić information content (AvgIpc) is 2.67. The number of aromatic nitrogens is 1. The van der Waals surface area contributed by atoms with Crippen LogP contribution in [0.1, 0.15) is 10.5 Å². The number of carbonyl (C=O) groups excluding carboxylic acids is 2. The summed E-state index contributed by atoms with van der Waals surface area (Å²) in [4.78, 5) is 22.3. The van der Waals surface area contributed by atoms with Crippen LogP contribution < -0.4 is 10.5 Å². The van der Waals surface area contributed by atoms with Crippen LogP contribution in [0.25, 0.3) is 0 Å². The number of ether oxygens (including phenoxy) is 1. The summed E-state index contributed by atoms with van der Waals surface area (Å²) < 4.78 is 27.8. The van der Waals surface area contributed by atoms with E-state index >= 15 is 0 Å². The van der Waals surface area contributed by atoms with Crippen LogP contribution in [0.5, 0.6) is 0 Å². The summed E-state index contributed by atoms with van der Waals surface area (Å²) in [5.74, 6) is -1.21. The van der Waals surface area contributed by atoms with Gasteiger partial charge in [-0.25, -0.2) is 13.6 Å². The van der Waals surface area contributed by atoms with Gasteiger partial charge in [0.25, 0.3) is 5.91 Å². The number of sulfonamides is 1. The maximum Gasteiger partial charge on any atom is 0.325 e. The topological polar surface area (TPSA) is 120 Å². The summed E-state index contributed by atoms with van der Waals surface area (Å²) in [5, 5.41) is 7.22. The van der Waals surface area contributed by atoms with Crippen molar-refractivity contribution in [3.63, 3.8) is 0 Å². The second-order valence-corrected chi connectivity index (χ2v) is 5.04. The standard InChI is InChI=1S/C9H13N3O5S/c1-12-5-6(18(10,15)16)3-7(12)9(14)11-4-8(13)17-2/h3,5H,4H2,1-2H3,(H,11,14)(H2,10,15,16). The Bertz CT molecular complexity index is 575. The summed E-state index contributed by atoms with van der Waals surface area (Å²) in [6.07, 6.45) is 1.21. The summed E-state index contributed by atoms with van der Waals surface area (Å²) >= 11 is 0. The molecule has 0 bridgehead atoms. The summed E-state index contributed by atoms with van der Waals surface area (Å²) in [6.45, 7) is -0.300. The molecule has 1 amide bonds. The fourth-order valence-corrected chi connectivity index (χ4v) is 1.81. The van der Waals surface area contributed by atoms with Gasteiger partial charge < -0.3 is 14.6 Å². The van der Waals surface area contributed by atoms with Gasteiger partial charge in [-0.2, -0.15) is 0 Å². The number of carbonyl (C=O) groups is 2. The second-order valence-electron chi connectivity index (χ2n) is 3.48. The zero-order chi connectivity index (χ0) is 13.9. The van der Waals surface area contributed by atoms with E-state index in [2.05, 4.69) is 10.1 Å². The van der Waals surface area contributed by atoms with Crippen molar-refractivity contribution >= 4 is 21.9 Å². The average molecular weight is 275 g/mol.